The second-order valence-electron chi connectivity index (χ2n) is 6.49. The van der Waals surface area contributed by atoms with Crippen LogP contribution < -0.4 is 4.31 Å². The Hall–Kier alpha value is -2.37. The number of hydrogen-bond acceptors (Lipinski definition) is 5. The second kappa shape index (κ2) is 7.71. The maximum Gasteiger partial charge on any atom is 0.243 e. The van der Waals surface area contributed by atoms with Gasteiger partial charge in [-0.15, -0.1) is 11.3 Å². The lowest BCUT2D eigenvalue weighted by atomic mass is 9.98. The van der Waals surface area contributed by atoms with E-state index in [1.54, 1.807) is 34.4 Å². The van der Waals surface area contributed by atoms with Gasteiger partial charge in [-0.3, -0.25) is 9.10 Å². The topological polar surface area (TPSA) is 81.5 Å². The molecule has 0 fully saturated rings. The predicted molar refractivity (Wildman–Crippen MR) is 106 cm³/mol. The van der Waals surface area contributed by atoms with E-state index in [-0.39, 0.29) is 18.5 Å². The van der Waals surface area contributed by atoms with Crippen molar-refractivity contribution in [1.29, 1.82) is 5.26 Å². The maximum absolute atomic E-state index is 13.0. The highest BCUT2D eigenvalue weighted by atomic mass is 32.2. The molecule has 6 nitrogen and oxygen atoms in total. The first-order chi connectivity index (χ1) is 12.8. The average Bonchev–Trinajstić information content (AvgIpc) is 3.13. The minimum atomic E-state index is -3.67. The van der Waals surface area contributed by atoms with E-state index in [2.05, 4.69) is 6.07 Å². The Kier molecular flexibility index (Phi) is 5.53. The van der Waals surface area contributed by atoms with Crippen LogP contribution in [0.5, 0.6) is 0 Å². The molecule has 27 heavy (non-hydrogen) atoms. The number of rotatable bonds is 5. The van der Waals surface area contributed by atoms with Crippen molar-refractivity contribution in [2.24, 2.45) is 0 Å². The van der Waals surface area contributed by atoms with Crippen LogP contribution in [0.2, 0.25) is 0 Å². The summed E-state index contributed by atoms with van der Waals surface area (Å²) in [5.74, 6) is -0.230. The highest BCUT2D eigenvalue weighted by Crippen LogP contribution is 2.35. The molecule has 0 aliphatic carbocycles. The summed E-state index contributed by atoms with van der Waals surface area (Å²) < 4.78 is 25.7. The van der Waals surface area contributed by atoms with Crippen LogP contribution in [-0.4, -0.2) is 38.6 Å². The van der Waals surface area contributed by atoms with Crippen molar-refractivity contribution in [2.45, 2.75) is 25.8 Å². The van der Waals surface area contributed by atoms with E-state index in [1.807, 2.05) is 18.4 Å². The van der Waals surface area contributed by atoms with Crippen LogP contribution in [0.4, 0.5) is 5.69 Å². The van der Waals surface area contributed by atoms with Crippen LogP contribution in [-0.2, 0) is 21.2 Å². The number of fused-ring (bicyclic) bond motifs is 1. The van der Waals surface area contributed by atoms with Gasteiger partial charge in [0.15, 0.2) is 0 Å². The van der Waals surface area contributed by atoms with Gasteiger partial charge in [-0.25, -0.2) is 8.42 Å². The van der Waals surface area contributed by atoms with Crippen molar-refractivity contribution in [2.75, 3.05) is 23.7 Å². The van der Waals surface area contributed by atoms with Crippen molar-refractivity contribution >= 4 is 33.0 Å². The number of nitrogens with zero attached hydrogens (tertiary/aromatic N) is 3. The lowest BCUT2D eigenvalue weighted by Gasteiger charge is -2.36. The molecule has 1 aromatic heterocycles. The Bertz CT molecular complexity index is 992. The molecule has 0 saturated heterocycles. The number of carbonyl (C=O) groups is 1. The first-order valence-electron chi connectivity index (χ1n) is 8.68. The second-order valence-corrected chi connectivity index (χ2v) is 9.40. The quantitative estimate of drug-likeness (QED) is 0.769. The largest absolute Gasteiger partial charge is 0.334 e. The smallest absolute Gasteiger partial charge is 0.243 e. The van der Waals surface area contributed by atoms with Gasteiger partial charge in [-0.1, -0.05) is 13.0 Å². The Morgan fingerprint density at radius 3 is 2.85 bits per heavy atom. The third-order valence-corrected chi connectivity index (χ3v) is 6.88. The molecule has 1 aliphatic heterocycles. The number of sulfonamides is 1. The predicted octanol–water partition coefficient (Wildman–Crippen LogP) is 2.92. The molecular weight excluding hydrogens is 382 g/mol. The molecule has 1 aliphatic rings. The third kappa shape index (κ3) is 3.99. The molecule has 1 amide bonds. The van der Waals surface area contributed by atoms with E-state index in [0.29, 0.717) is 17.8 Å². The van der Waals surface area contributed by atoms with Crippen LogP contribution in [0.25, 0.3) is 0 Å². The van der Waals surface area contributed by atoms with Crippen LogP contribution in [0.1, 0.15) is 35.4 Å². The lowest BCUT2D eigenvalue weighted by Crippen LogP contribution is -2.46. The fourth-order valence-electron chi connectivity index (χ4n) is 3.48. The van der Waals surface area contributed by atoms with Crippen molar-refractivity contribution in [3.8, 4) is 6.07 Å². The molecule has 0 spiro atoms. The fraction of sp³-hybridized carbons (Fsp3) is 0.368. The zero-order chi connectivity index (χ0) is 19.6. The van der Waals surface area contributed by atoms with Crippen molar-refractivity contribution in [1.82, 2.24) is 4.90 Å². The lowest BCUT2D eigenvalue weighted by molar-refractivity contribution is -0.132. The van der Waals surface area contributed by atoms with Gasteiger partial charge in [0.2, 0.25) is 15.9 Å². The molecule has 8 heteroatoms. The Morgan fingerprint density at radius 1 is 1.41 bits per heavy atom. The normalized spacial score (nSPS) is 16.5. The van der Waals surface area contributed by atoms with Crippen molar-refractivity contribution < 1.29 is 13.2 Å². The van der Waals surface area contributed by atoms with Crippen LogP contribution >= 0.6 is 11.3 Å². The minimum Gasteiger partial charge on any atom is -0.334 e. The van der Waals surface area contributed by atoms with Gasteiger partial charge in [-0.2, -0.15) is 5.26 Å². The number of benzene rings is 1. The number of hydrogen-bond donors (Lipinski definition) is 0. The van der Waals surface area contributed by atoms with Gasteiger partial charge in [0.05, 0.1) is 29.6 Å². The van der Waals surface area contributed by atoms with Crippen LogP contribution in [0.15, 0.2) is 35.7 Å². The van der Waals surface area contributed by atoms with Gasteiger partial charge < -0.3 is 4.90 Å². The molecule has 0 radical (unpaired) electrons. The van der Waals surface area contributed by atoms with Crippen molar-refractivity contribution in [3.63, 3.8) is 0 Å². The highest BCUT2D eigenvalue weighted by Gasteiger charge is 2.32. The summed E-state index contributed by atoms with van der Waals surface area (Å²) in [5.41, 5.74) is 1.84. The summed E-state index contributed by atoms with van der Waals surface area (Å²) in [6, 6.07) is 10.3. The zero-order valence-electron chi connectivity index (χ0n) is 15.3. The maximum atomic E-state index is 13.0. The standard InChI is InChI=1S/C19H21N3O3S2/c1-3-17-16-8-10-26-18(16)7-9-21(17)19(23)13-22(27(2,24)25)15-6-4-5-14(11-15)12-20/h4-6,8,10-11,17H,3,7,9,13H2,1-2H3. The zero-order valence-corrected chi connectivity index (χ0v) is 16.9. The molecule has 2 aromatic rings. The summed E-state index contributed by atoms with van der Waals surface area (Å²) in [6.45, 7) is 2.34. The Morgan fingerprint density at radius 2 is 2.19 bits per heavy atom. The van der Waals surface area contributed by atoms with Crippen molar-refractivity contribution in [3.05, 3.63) is 51.7 Å². The summed E-state index contributed by atoms with van der Waals surface area (Å²) >= 11 is 1.70. The first-order valence-corrected chi connectivity index (χ1v) is 11.4. The summed E-state index contributed by atoms with van der Waals surface area (Å²) in [4.78, 5) is 16.1. The summed E-state index contributed by atoms with van der Waals surface area (Å²) in [5, 5.41) is 11.1. The minimum absolute atomic E-state index is 0.0284. The molecule has 2 heterocycles. The van der Waals surface area contributed by atoms with E-state index in [0.717, 1.165) is 23.4 Å². The van der Waals surface area contributed by atoms with E-state index in [1.165, 1.54) is 16.5 Å². The van der Waals surface area contributed by atoms with Gasteiger partial charge in [0.1, 0.15) is 6.54 Å². The molecule has 0 N–H and O–H groups in total. The number of thiophene rings is 1. The van der Waals surface area contributed by atoms with Gasteiger partial charge in [0.25, 0.3) is 0 Å². The molecule has 0 bridgehead atoms. The number of amides is 1. The van der Waals surface area contributed by atoms with E-state index in [4.69, 9.17) is 5.26 Å². The molecule has 1 atom stereocenters. The molecule has 3 rings (SSSR count). The monoisotopic (exact) mass is 403 g/mol. The molecular formula is C19H21N3O3S2. The van der Waals surface area contributed by atoms with E-state index in [9.17, 15) is 13.2 Å². The molecule has 1 unspecified atom stereocenters. The third-order valence-electron chi connectivity index (χ3n) is 4.74. The fourth-order valence-corrected chi connectivity index (χ4v) is 5.25. The number of anilines is 1. The number of carbonyl (C=O) groups excluding carboxylic acids is 1. The SMILES string of the molecule is CCC1c2ccsc2CCN1C(=O)CN(c1cccc(C#N)c1)S(C)(=O)=O. The number of nitriles is 1. The molecule has 142 valence electrons. The highest BCUT2D eigenvalue weighted by molar-refractivity contribution is 7.92. The first kappa shape index (κ1) is 19.4. The Balaban J connectivity index is 1.88. The Labute approximate surface area is 163 Å². The summed E-state index contributed by atoms with van der Waals surface area (Å²) in [7, 11) is -3.67. The molecule has 1 aromatic carbocycles. The van der Waals surface area contributed by atoms with E-state index < -0.39 is 10.0 Å². The average molecular weight is 404 g/mol. The van der Waals surface area contributed by atoms with Gasteiger partial charge in [0, 0.05) is 11.4 Å². The summed E-state index contributed by atoms with van der Waals surface area (Å²) in [6.07, 6.45) is 2.64. The van der Waals surface area contributed by atoms with Crippen LogP contribution in [0.3, 0.4) is 0 Å². The van der Waals surface area contributed by atoms with Gasteiger partial charge in [-0.05, 0) is 48.1 Å². The molecule has 0 saturated carbocycles. The van der Waals surface area contributed by atoms with Gasteiger partial charge >= 0.3 is 0 Å². The van der Waals surface area contributed by atoms with Crippen LogP contribution in [0, 0.1) is 11.3 Å². The van der Waals surface area contributed by atoms with E-state index >= 15 is 0 Å².